The molecular formula is C15H20N4O. The molecule has 20 heavy (non-hydrogen) atoms. The van der Waals surface area contributed by atoms with Gasteiger partial charge in [-0.25, -0.2) is 0 Å². The molecule has 2 atom stereocenters. The number of aromatic nitrogens is 2. The predicted molar refractivity (Wildman–Crippen MR) is 78.3 cm³/mol. The van der Waals surface area contributed by atoms with Crippen molar-refractivity contribution in [1.29, 1.82) is 0 Å². The number of hydrogen-bond acceptors (Lipinski definition) is 3. The van der Waals surface area contributed by atoms with E-state index in [9.17, 15) is 4.79 Å². The van der Waals surface area contributed by atoms with Crippen molar-refractivity contribution in [2.75, 3.05) is 0 Å². The zero-order valence-electron chi connectivity index (χ0n) is 11.8. The van der Waals surface area contributed by atoms with E-state index in [-0.39, 0.29) is 12.1 Å². The van der Waals surface area contributed by atoms with Crippen molar-refractivity contribution < 1.29 is 4.79 Å². The van der Waals surface area contributed by atoms with Crippen LogP contribution in [0.5, 0.6) is 0 Å². The molecule has 0 aliphatic carbocycles. The Morgan fingerprint density at radius 2 is 2.00 bits per heavy atom. The molecule has 0 saturated heterocycles. The van der Waals surface area contributed by atoms with Crippen molar-refractivity contribution in [1.82, 2.24) is 9.78 Å². The van der Waals surface area contributed by atoms with Gasteiger partial charge in [-0.15, -0.1) is 0 Å². The summed E-state index contributed by atoms with van der Waals surface area (Å²) in [6.45, 7) is 4.07. The minimum Gasteiger partial charge on any atom is -0.366 e. The summed E-state index contributed by atoms with van der Waals surface area (Å²) < 4.78 is 1.72. The third-order valence-electron chi connectivity index (χ3n) is 3.47. The zero-order valence-corrected chi connectivity index (χ0v) is 11.8. The number of rotatable bonds is 5. The summed E-state index contributed by atoms with van der Waals surface area (Å²) in [4.78, 5) is 11.2. The maximum atomic E-state index is 11.2. The highest BCUT2D eigenvalue weighted by Crippen LogP contribution is 2.23. The molecule has 4 N–H and O–H groups in total. The van der Waals surface area contributed by atoms with Crippen molar-refractivity contribution in [2.24, 2.45) is 11.5 Å². The Morgan fingerprint density at radius 1 is 1.35 bits per heavy atom. The first-order chi connectivity index (χ1) is 9.52. The largest absolute Gasteiger partial charge is 0.366 e. The number of amides is 1. The van der Waals surface area contributed by atoms with E-state index in [2.05, 4.69) is 5.10 Å². The van der Waals surface area contributed by atoms with Gasteiger partial charge in [-0.1, -0.05) is 36.8 Å². The van der Waals surface area contributed by atoms with Crippen LogP contribution in [0.2, 0.25) is 0 Å². The van der Waals surface area contributed by atoms with Gasteiger partial charge in [0.05, 0.1) is 17.8 Å². The quantitative estimate of drug-likeness (QED) is 0.867. The van der Waals surface area contributed by atoms with Gasteiger partial charge < -0.3 is 11.5 Å². The molecule has 0 bridgehead atoms. The van der Waals surface area contributed by atoms with Crippen molar-refractivity contribution in [3.63, 3.8) is 0 Å². The Labute approximate surface area is 118 Å². The Balaban J connectivity index is 2.41. The monoisotopic (exact) mass is 272 g/mol. The summed E-state index contributed by atoms with van der Waals surface area (Å²) in [5.74, 6) is -0.482. The van der Waals surface area contributed by atoms with Gasteiger partial charge >= 0.3 is 0 Å². The molecule has 1 heterocycles. The summed E-state index contributed by atoms with van der Waals surface area (Å²) in [6, 6.07) is 7.99. The van der Waals surface area contributed by atoms with Gasteiger partial charge in [0, 0.05) is 12.2 Å². The lowest BCUT2D eigenvalue weighted by Crippen LogP contribution is -2.32. The number of hydrogen-bond donors (Lipinski definition) is 2. The van der Waals surface area contributed by atoms with E-state index in [4.69, 9.17) is 11.5 Å². The number of nitrogens with zero attached hydrogens (tertiary/aromatic N) is 2. The van der Waals surface area contributed by atoms with Gasteiger partial charge in [-0.3, -0.25) is 9.48 Å². The Morgan fingerprint density at radius 3 is 2.50 bits per heavy atom. The molecule has 5 nitrogen and oxygen atoms in total. The molecule has 0 spiro atoms. The average Bonchev–Trinajstić information content (AvgIpc) is 2.90. The van der Waals surface area contributed by atoms with Crippen LogP contribution in [0.25, 0.3) is 0 Å². The summed E-state index contributed by atoms with van der Waals surface area (Å²) in [5, 5.41) is 4.24. The number of primary amides is 1. The normalized spacial score (nSPS) is 13.9. The second-order valence-corrected chi connectivity index (χ2v) is 5.00. The lowest BCUT2D eigenvalue weighted by molar-refractivity contribution is 0.1000. The minimum absolute atomic E-state index is 0.0849. The first-order valence-corrected chi connectivity index (χ1v) is 6.69. The van der Waals surface area contributed by atoms with E-state index in [1.54, 1.807) is 10.9 Å². The molecule has 1 aromatic carbocycles. The third kappa shape index (κ3) is 2.88. The third-order valence-corrected chi connectivity index (χ3v) is 3.47. The molecule has 0 aliphatic heterocycles. The van der Waals surface area contributed by atoms with Crippen molar-refractivity contribution in [3.05, 3.63) is 53.3 Å². The molecule has 106 valence electrons. The molecule has 0 fully saturated rings. The van der Waals surface area contributed by atoms with Crippen LogP contribution < -0.4 is 11.5 Å². The van der Waals surface area contributed by atoms with E-state index in [0.29, 0.717) is 5.56 Å². The second-order valence-electron chi connectivity index (χ2n) is 5.00. The van der Waals surface area contributed by atoms with Crippen LogP contribution in [-0.4, -0.2) is 21.7 Å². The standard InChI is InChI=1S/C15H20N4O/c1-3-13(16)14(11-6-4-10(2)5-7-11)19-9-12(8-18-19)15(17)20/h4-9,13-14H,3,16H2,1-2H3,(H2,17,20). The van der Waals surface area contributed by atoms with Crippen LogP contribution in [-0.2, 0) is 0 Å². The van der Waals surface area contributed by atoms with Crippen LogP contribution in [0.1, 0.15) is 40.9 Å². The molecule has 0 saturated carbocycles. The zero-order chi connectivity index (χ0) is 14.7. The summed E-state index contributed by atoms with van der Waals surface area (Å²) in [6.07, 6.45) is 3.94. The lowest BCUT2D eigenvalue weighted by Gasteiger charge is -2.24. The van der Waals surface area contributed by atoms with Gasteiger partial charge in [-0.05, 0) is 18.9 Å². The molecule has 1 aromatic heterocycles. The smallest absolute Gasteiger partial charge is 0.251 e. The first kappa shape index (κ1) is 14.3. The SMILES string of the molecule is CCC(N)C(c1ccc(C)cc1)n1cc(C(N)=O)cn1. The van der Waals surface area contributed by atoms with E-state index in [1.165, 1.54) is 11.8 Å². The number of aryl methyl sites for hydroxylation is 1. The van der Waals surface area contributed by atoms with Crippen LogP contribution in [0.15, 0.2) is 36.7 Å². The van der Waals surface area contributed by atoms with E-state index >= 15 is 0 Å². The van der Waals surface area contributed by atoms with E-state index in [1.807, 2.05) is 38.1 Å². The molecule has 5 heteroatoms. The van der Waals surface area contributed by atoms with E-state index in [0.717, 1.165) is 12.0 Å². The Hall–Kier alpha value is -2.14. The van der Waals surface area contributed by atoms with Gasteiger partial charge in [0.1, 0.15) is 0 Å². The minimum atomic E-state index is -0.482. The topological polar surface area (TPSA) is 86.9 Å². The van der Waals surface area contributed by atoms with Crippen LogP contribution in [0.4, 0.5) is 0 Å². The van der Waals surface area contributed by atoms with Crippen LogP contribution in [0, 0.1) is 6.92 Å². The highest BCUT2D eigenvalue weighted by molar-refractivity contribution is 5.92. The summed E-state index contributed by atoms with van der Waals surface area (Å²) in [5.41, 5.74) is 14.2. The van der Waals surface area contributed by atoms with Crippen LogP contribution >= 0.6 is 0 Å². The highest BCUT2D eigenvalue weighted by Gasteiger charge is 2.22. The van der Waals surface area contributed by atoms with Gasteiger partial charge in [0.2, 0.25) is 0 Å². The fourth-order valence-corrected chi connectivity index (χ4v) is 2.20. The van der Waals surface area contributed by atoms with Gasteiger partial charge in [0.25, 0.3) is 5.91 Å². The van der Waals surface area contributed by atoms with Crippen LogP contribution in [0.3, 0.4) is 0 Å². The molecule has 1 amide bonds. The Bertz CT molecular complexity index is 588. The Kier molecular flexibility index (Phi) is 4.20. The highest BCUT2D eigenvalue weighted by atomic mass is 16.1. The first-order valence-electron chi connectivity index (χ1n) is 6.69. The fraction of sp³-hybridized carbons (Fsp3) is 0.333. The van der Waals surface area contributed by atoms with Gasteiger partial charge in [0.15, 0.2) is 0 Å². The number of benzene rings is 1. The average molecular weight is 272 g/mol. The van der Waals surface area contributed by atoms with Crippen molar-refractivity contribution >= 4 is 5.91 Å². The molecule has 0 aliphatic rings. The number of carbonyl (C=O) groups excluding carboxylic acids is 1. The van der Waals surface area contributed by atoms with Crippen molar-refractivity contribution in [3.8, 4) is 0 Å². The molecule has 2 unspecified atom stereocenters. The molecule has 2 aromatic rings. The predicted octanol–water partition coefficient (Wildman–Crippen LogP) is 1.62. The summed E-state index contributed by atoms with van der Waals surface area (Å²) >= 11 is 0. The van der Waals surface area contributed by atoms with E-state index < -0.39 is 5.91 Å². The molecule has 2 rings (SSSR count). The molecular weight excluding hydrogens is 252 g/mol. The maximum Gasteiger partial charge on any atom is 0.251 e. The van der Waals surface area contributed by atoms with Crippen molar-refractivity contribution in [2.45, 2.75) is 32.4 Å². The fourth-order valence-electron chi connectivity index (χ4n) is 2.20. The summed E-state index contributed by atoms with van der Waals surface area (Å²) in [7, 11) is 0. The second kappa shape index (κ2) is 5.88. The number of carbonyl (C=O) groups is 1. The lowest BCUT2D eigenvalue weighted by atomic mass is 9.97. The number of nitrogens with two attached hydrogens (primary N) is 2. The maximum absolute atomic E-state index is 11.2. The van der Waals surface area contributed by atoms with Gasteiger partial charge in [-0.2, -0.15) is 5.10 Å². The molecule has 0 radical (unpaired) electrons.